The van der Waals surface area contributed by atoms with Gasteiger partial charge in [-0.05, 0) is 30.2 Å². The van der Waals surface area contributed by atoms with E-state index in [2.05, 4.69) is 16.7 Å². The molecule has 2 atom stereocenters. The third kappa shape index (κ3) is 4.56. The van der Waals surface area contributed by atoms with Gasteiger partial charge in [0.2, 0.25) is 0 Å². The number of aliphatic hydroxyl groups excluding tert-OH is 1. The van der Waals surface area contributed by atoms with Crippen molar-refractivity contribution in [2.45, 2.75) is 19.0 Å². The largest absolute Gasteiger partial charge is 0.394 e. The summed E-state index contributed by atoms with van der Waals surface area (Å²) in [6.45, 7) is 1.66. The van der Waals surface area contributed by atoms with E-state index in [0.29, 0.717) is 5.56 Å². The van der Waals surface area contributed by atoms with Gasteiger partial charge in [0.05, 0.1) is 30.3 Å². The molecular weight excluding hydrogens is 290 g/mol. The topological polar surface area (TPSA) is 85.2 Å². The second-order valence-electron chi connectivity index (χ2n) is 5.22. The number of nitrogens with zero attached hydrogens (tertiary/aromatic N) is 1. The van der Waals surface area contributed by atoms with Crippen molar-refractivity contribution in [3.05, 3.63) is 71.3 Å². The van der Waals surface area contributed by atoms with Gasteiger partial charge in [-0.2, -0.15) is 5.26 Å². The normalized spacial score (nSPS) is 12.7. The van der Waals surface area contributed by atoms with Gasteiger partial charge in [0.1, 0.15) is 0 Å². The van der Waals surface area contributed by atoms with E-state index in [4.69, 9.17) is 5.26 Å². The first-order chi connectivity index (χ1) is 11.1. The van der Waals surface area contributed by atoms with Gasteiger partial charge in [-0.3, -0.25) is 0 Å². The zero-order valence-electron chi connectivity index (χ0n) is 12.9. The molecule has 0 unspecified atom stereocenters. The molecule has 0 aromatic heterocycles. The molecule has 2 aromatic carbocycles. The number of nitriles is 1. The molecule has 118 valence electrons. The third-order valence-electron chi connectivity index (χ3n) is 3.55. The summed E-state index contributed by atoms with van der Waals surface area (Å²) in [4.78, 5) is 12.1. The summed E-state index contributed by atoms with van der Waals surface area (Å²) in [5, 5.41) is 24.0. The Morgan fingerprint density at radius 1 is 1.13 bits per heavy atom. The van der Waals surface area contributed by atoms with E-state index in [1.807, 2.05) is 43.3 Å². The van der Waals surface area contributed by atoms with E-state index in [-0.39, 0.29) is 18.7 Å². The Morgan fingerprint density at radius 2 is 1.83 bits per heavy atom. The molecule has 0 spiro atoms. The highest BCUT2D eigenvalue weighted by atomic mass is 16.3. The fourth-order valence-corrected chi connectivity index (χ4v) is 2.28. The highest BCUT2D eigenvalue weighted by molar-refractivity contribution is 5.75. The lowest BCUT2D eigenvalue weighted by molar-refractivity contribution is 0.214. The van der Waals surface area contributed by atoms with Gasteiger partial charge in [-0.1, -0.05) is 42.5 Å². The fraction of sp³-hybridized carbons (Fsp3) is 0.222. The second-order valence-corrected chi connectivity index (χ2v) is 5.22. The van der Waals surface area contributed by atoms with Gasteiger partial charge < -0.3 is 15.7 Å². The van der Waals surface area contributed by atoms with Crippen LogP contribution >= 0.6 is 0 Å². The smallest absolute Gasteiger partial charge is 0.315 e. The minimum atomic E-state index is -0.464. The number of amides is 2. The van der Waals surface area contributed by atoms with Crippen LogP contribution in [0.25, 0.3) is 0 Å². The van der Waals surface area contributed by atoms with Crippen LogP contribution in [-0.4, -0.2) is 17.7 Å². The lowest BCUT2D eigenvalue weighted by atomic mass is 10.1. The first kappa shape index (κ1) is 16.5. The molecule has 0 saturated carbocycles. The summed E-state index contributed by atoms with van der Waals surface area (Å²) >= 11 is 0. The lowest BCUT2D eigenvalue weighted by Gasteiger charge is -2.20. The summed E-state index contributed by atoms with van der Waals surface area (Å²) < 4.78 is 0. The third-order valence-corrected chi connectivity index (χ3v) is 3.55. The summed E-state index contributed by atoms with van der Waals surface area (Å²) in [5.41, 5.74) is 2.23. The van der Waals surface area contributed by atoms with Gasteiger partial charge in [-0.15, -0.1) is 0 Å². The Kier molecular flexibility index (Phi) is 5.73. The standard InChI is InChI=1S/C18H19N3O2/c1-13(16-9-5-6-14(10-16)11-19)20-18(23)21-17(12-22)15-7-3-2-4-8-15/h2-10,13,17,22H,12H2,1H3,(H2,20,21,23)/t13-,17-/m1/s1. The first-order valence-electron chi connectivity index (χ1n) is 7.37. The lowest BCUT2D eigenvalue weighted by Crippen LogP contribution is -2.40. The number of benzene rings is 2. The summed E-state index contributed by atoms with van der Waals surface area (Å²) in [6, 6.07) is 17.4. The van der Waals surface area contributed by atoms with Crippen LogP contribution in [-0.2, 0) is 0 Å². The number of hydrogen-bond donors (Lipinski definition) is 3. The molecule has 3 N–H and O–H groups in total. The van der Waals surface area contributed by atoms with E-state index in [1.165, 1.54) is 0 Å². The molecule has 0 aliphatic heterocycles. The maximum atomic E-state index is 12.1. The van der Waals surface area contributed by atoms with Crippen LogP contribution in [0.4, 0.5) is 4.79 Å². The van der Waals surface area contributed by atoms with Crippen LogP contribution in [0.2, 0.25) is 0 Å². The van der Waals surface area contributed by atoms with Crippen LogP contribution in [0.5, 0.6) is 0 Å². The quantitative estimate of drug-likeness (QED) is 0.793. The SMILES string of the molecule is C[C@@H](NC(=O)N[C@H](CO)c1ccccc1)c1cccc(C#N)c1. The zero-order valence-corrected chi connectivity index (χ0v) is 12.9. The molecule has 2 aromatic rings. The summed E-state index contributed by atoms with van der Waals surface area (Å²) in [5.74, 6) is 0. The van der Waals surface area contributed by atoms with Gasteiger partial charge in [0.15, 0.2) is 0 Å². The number of aliphatic hydroxyl groups is 1. The van der Waals surface area contributed by atoms with Crippen LogP contribution in [0.3, 0.4) is 0 Å². The van der Waals surface area contributed by atoms with E-state index >= 15 is 0 Å². The van der Waals surface area contributed by atoms with Crippen molar-refractivity contribution in [2.75, 3.05) is 6.61 Å². The van der Waals surface area contributed by atoms with Crippen LogP contribution in [0.15, 0.2) is 54.6 Å². The zero-order chi connectivity index (χ0) is 16.7. The van der Waals surface area contributed by atoms with Crippen molar-refractivity contribution < 1.29 is 9.90 Å². The Morgan fingerprint density at radius 3 is 2.48 bits per heavy atom. The first-order valence-corrected chi connectivity index (χ1v) is 7.37. The number of carbonyl (C=O) groups excluding carboxylic acids is 1. The van der Waals surface area contributed by atoms with Gasteiger partial charge in [-0.25, -0.2) is 4.79 Å². The summed E-state index contributed by atoms with van der Waals surface area (Å²) in [7, 11) is 0. The minimum Gasteiger partial charge on any atom is -0.394 e. The van der Waals surface area contributed by atoms with Crippen LogP contribution < -0.4 is 10.6 Å². The number of urea groups is 1. The minimum absolute atomic E-state index is 0.185. The van der Waals surface area contributed by atoms with Crippen molar-refractivity contribution in [1.82, 2.24) is 10.6 Å². The fourth-order valence-electron chi connectivity index (χ4n) is 2.28. The molecule has 5 heteroatoms. The van der Waals surface area contributed by atoms with E-state index < -0.39 is 6.04 Å². The van der Waals surface area contributed by atoms with E-state index in [0.717, 1.165) is 11.1 Å². The molecule has 0 aliphatic carbocycles. The predicted octanol–water partition coefficient (Wildman–Crippen LogP) is 2.65. The van der Waals surface area contributed by atoms with E-state index in [9.17, 15) is 9.90 Å². The summed E-state index contributed by atoms with van der Waals surface area (Å²) in [6.07, 6.45) is 0. The Balaban J connectivity index is 1.99. The molecule has 0 aliphatic rings. The molecule has 0 saturated heterocycles. The van der Waals surface area contributed by atoms with Crippen molar-refractivity contribution in [3.63, 3.8) is 0 Å². The molecule has 2 rings (SSSR count). The molecule has 23 heavy (non-hydrogen) atoms. The monoisotopic (exact) mass is 309 g/mol. The second kappa shape index (κ2) is 7.97. The molecule has 5 nitrogen and oxygen atoms in total. The van der Waals surface area contributed by atoms with Gasteiger partial charge in [0, 0.05) is 0 Å². The predicted molar refractivity (Wildman–Crippen MR) is 87.5 cm³/mol. The maximum Gasteiger partial charge on any atom is 0.315 e. The van der Waals surface area contributed by atoms with E-state index in [1.54, 1.807) is 18.2 Å². The average Bonchev–Trinajstić information content (AvgIpc) is 2.60. The van der Waals surface area contributed by atoms with Crippen molar-refractivity contribution in [1.29, 1.82) is 5.26 Å². The molecule has 0 fully saturated rings. The van der Waals surface area contributed by atoms with Crippen LogP contribution in [0, 0.1) is 11.3 Å². The highest BCUT2D eigenvalue weighted by Crippen LogP contribution is 2.15. The number of hydrogen-bond acceptors (Lipinski definition) is 3. The van der Waals surface area contributed by atoms with Gasteiger partial charge >= 0.3 is 6.03 Å². The number of carbonyl (C=O) groups is 1. The highest BCUT2D eigenvalue weighted by Gasteiger charge is 2.15. The molecule has 0 radical (unpaired) electrons. The van der Waals surface area contributed by atoms with Gasteiger partial charge in [0.25, 0.3) is 0 Å². The molecular formula is C18H19N3O2. The average molecular weight is 309 g/mol. The van der Waals surface area contributed by atoms with Crippen LogP contribution in [0.1, 0.15) is 35.7 Å². The number of nitrogens with one attached hydrogen (secondary N) is 2. The van der Waals surface area contributed by atoms with Crippen molar-refractivity contribution >= 4 is 6.03 Å². The number of rotatable bonds is 5. The molecule has 0 heterocycles. The van der Waals surface area contributed by atoms with Crippen molar-refractivity contribution in [2.24, 2.45) is 0 Å². The Labute approximate surface area is 135 Å². The Bertz CT molecular complexity index is 695. The molecule has 2 amide bonds. The van der Waals surface area contributed by atoms with Crippen molar-refractivity contribution in [3.8, 4) is 6.07 Å². The molecule has 0 bridgehead atoms. The Hall–Kier alpha value is -2.84. The maximum absolute atomic E-state index is 12.1.